The van der Waals surface area contributed by atoms with Gasteiger partial charge in [-0.05, 0) is 51.5 Å². The molecule has 2 N–H and O–H groups in total. The summed E-state index contributed by atoms with van der Waals surface area (Å²) in [5.41, 5.74) is 0. The van der Waals surface area contributed by atoms with Crippen molar-refractivity contribution in [3.05, 3.63) is 0 Å². The second-order valence-electron chi connectivity index (χ2n) is 6.59. The second-order valence-corrected chi connectivity index (χ2v) is 6.59. The predicted octanol–water partition coefficient (Wildman–Crippen LogP) is 3.47. The van der Waals surface area contributed by atoms with Gasteiger partial charge in [-0.25, -0.2) is 0 Å². The number of nitrogens with one attached hydrogen (secondary N) is 2. The summed E-state index contributed by atoms with van der Waals surface area (Å²) < 4.78 is 0. The van der Waals surface area contributed by atoms with Crippen LogP contribution in [-0.2, 0) is 0 Å². The average Bonchev–Trinajstić information content (AvgIpc) is 3.16. The summed E-state index contributed by atoms with van der Waals surface area (Å²) in [6, 6.07) is 2.19. The van der Waals surface area contributed by atoms with E-state index in [9.17, 15) is 0 Å². The Hall–Kier alpha value is -0.0800. The van der Waals surface area contributed by atoms with Crippen molar-refractivity contribution in [3.63, 3.8) is 0 Å². The number of hydrogen-bond acceptors (Lipinski definition) is 2. The van der Waals surface area contributed by atoms with Gasteiger partial charge in [0.1, 0.15) is 0 Å². The van der Waals surface area contributed by atoms with E-state index in [4.69, 9.17) is 0 Å². The Kier molecular flexibility index (Phi) is 5.97. The lowest BCUT2D eigenvalue weighted by atomic mass is 10.0. The van der Waals surface area contributed by atoms with Crippen molar-refractivity contribution in [3.8, 4) is 0 Å². The molecule has 3 atom stereocenters. The highest BCUT2D eigenvalue weighted by molar-refractivity contribution is 4.83. The molecule has 0 spiro atoms. The van der Waals surface area contributed by atoms with Gasteiger partial charge in [0.2, 0.25) is 0 Å². The summed E-state index contributed by atoms with van der Waals surface area (Å²) in [6.07, 6.45) is 12.6. The molecule has 1 aliphatic carbocycles. The van der Waals surface area contributed by atoms with Crippen LogP contribution in [0.15, 0.2) is 0 Å². The van der Waals surface area contributed by atoms with Crippen LogP contribution in [0.2, 0.25) is 0 Å². The Labute approximate surface area is 113 Å². The van der Waals surface area contributed by atoms with E-state index in [2.05, 4.69) is 24.5 Å². The van der Waals surface area contributed by atoms with E-state index in [1.807, 2.05) is 0 Å². The predicted molar refractivity (Wildman–Crippen MR) is 78.9 cm³/mol. The van der Waals surface area contributed by atoms with E-state index in [0.717, 1.165) is 18.0 Å². The standard InChI is InChI=1S/C16H32N2/c1-3-15(12-14-8-9-14)18-13(2)11-16-7-5-4-6-10-17-16/h13-18H,3-12H2,1-2H3. The SMILES string of the molecule is CCC(CC1CC1)NC(C)CC1CCCCCN1. The Morgan fingerprint density at radius 1 is 1.11 bits per heavy atom. The Balaban J connectivity index is 1.66. The first-order valence-electron chi connectivity index (χ1n) is 8.27. The molecule has 2 aliphatic rings. The molecule has 2 rings (SSSR count). The Morgan fingerprint density at radius 3 is 2.67 bits per heavy atom. The molecule has 106 valence electrons. The fourth-order valence-corrected chi connectivity index (χ4v) is 3.31. The molecule has 0 amide bonds. The quantitative estimate of drug-likeness (QED) is 0.725. The highest BCUT2D eigenvalue weighted by Crippen LogP contribution is 2.34. The maximum Gasteiger partial charge on any atom is 0.00817 e. The highest BCUT2D eigenvalue weighted by Gasteiger charge is 2.25. The van der Waals surface area contributed by atoms with Crippen LogP contribution in [0.1, 0.15) is 71.6 Å². The van der Waals surface area contributed by atoms with Gasteiger partial charge < -0.3 is 10.6 Å². The number of rotatable bonds is 7. The van der Waals surface area contributed by atoms with Crippen molar-refractivity contribution >= 4 is 0 Å². The number of hydrogen-bond donors (Lipinski definition) is 2. The zero-order valence-electron chi connectivity index (χ0n) is 12.4. The van der Waals surface area contributed by atoms with E-state index < -0.39 is 0 Å². The van der Waals surface area contributed by atoms with Crippen LogP contribution < -0.4 is 10.6 Å². The van der Waals surface area contributed by atoms with Gasteiger partial charge in [0.25, 0.3) is 0 Å². The molecule has 0 aromatic carbocycles. The molecule has 1 saturated heterocycles. The topological polar surface area (TPSA) is 24.1 Å². The van der Waals surface area contributed by atoms with Crippen LogP contribution in [-0.4, -0.2) is 24.7 Å². The minimum atomic E-state index is 0.671. The minimum Gasteiger partial charge on any atom is -0.314 e. The third kappa shape index (κ3) is 5.27. The van der Waals surface area contributed by atoms with Crippen molar-refractivity contribution in [2.75, 3.05) is 6.54 Å². The zero-order chi connectivity index (χ0) is 12.8. The van der Waals surface area contributed by atoms with E-state index >= 15 is 0 Å². The summed E-state index contributed by atoms with van der Waals surface area (Å²) in [6.45, 7) is 5.94. The molecule has 1 aliphatic heterocycles. The normalized spacial score (nSPS) is 28.7. The molecule has 1 heterocycles. The fraction of sp³-hybridized carbons (Fsp3) is 1.00. The fourth-order valence-electron chi connectivity index (χ4n) is 3.31. The molecule has 0 radical (unpaired) electrons. The maximum atomic E-state index is 3.87. The minimum absolute atomic E-state index is 0.671. The molecule has 3 unspecified atom stereocenters. The van der Waals surface area contributed by atoms with Crippen LogP contribution in [0, 0.1) is 5.92 Å². The summed E-state index contributed by atoms with van der Waals surface area (Å²) in [4.78, 5) is 0. The Morgan fingerprint density at radius 2 is 1.94 bits per heavy atom. The third-order valence-corrected chi connectivity index (χ3v) is 4.63. The smallest absolute Gasteiger partial charge is 0.00817 e. The first kappa shape index (κ1) is 14.3. The molecule has 2 nitrogen and oxygen atoms in total. The van der Waals surface area contributed by atoms with Crippen LogP contribution in [0.5, 0.6) is 0 Å². The van der Waals surface area contributed by atoms with Gasteiger partial charge in [-0.3, -0.25) is 0 Å². The molecule has 2 fully saturated rings. The van der Waals surface area contributed by atoms with Crippen molar-refractivity contribution < 1.29 is 0 Å². The first-order chi connectivity index (χ1) is 8.78. The molecule has 0 aromatic rings. The van der Waals surface area contributed by atoms with E-state index in [-0.39, 0.29) is 0 Å². The van der Waals surface area contributed by atoms with Crippen LogP contribution in [0.3, 0.4) is 0 Å². The van der Waals surface area contributed by atoms with Gasteiger partial charge >= 0.3 is 0 Å². The average molecular weight is 252 g/mol. The molecule has 0 aromatic heterocycles. The van der Waals surface area contributed by atoms with E-state index in [0.29, 0.717) is 6.04 Å². The van der Waals surface area contributed by atoms with Gasteiger partial charge in [-0.2, -0.15) is 0 Å². The van der Waals surface area contributed by atoms with Crippen LogP contribution in [0.25, 0.3) is 0 Å². The van der Waals surface area contributed by atoms with E-state index in [1.54, 1.807) is 0 Å². The van der Waals surface area contributed by atoms with Gasteiger partial charge in [0.05, 0.1) is 0 Å². The van der Waals surface area contributed by atoms with Gasteiger partial charge in [0.15, 0.2) is 0 Å². The summed E-state index contributed by atoms with van der Waals surface area (Å²) in [5, 5.41) is 7.58. The second kappa shape index (κ2) is 7.49. The molecular formula is C16H32N2. The lowest BCUT2D eigenvalue weighted by Crippen LogP contribution is -2.41. The monoisotopic (exact) mass is 252 g/mol. The van der Waals surface area contributed by atoms with Crippen molar-refractivity contribution in [2.45, 2.75) is 89.8 Å². The van der Waals surface area contributed by atoms with Crippen LogP contribution >= 0.6 is 0 Å². The molecule has 18 heavy (non-hydrogen) atoms. The summed E-state index contributed by atoms with van der Waals surface area (Å²) >= 11 is 0. The molecule has 0 bridgehead atoms. The van der Waals surface area contributed by atoms with Crippen molar-refractivity contribution in [1.82, 2.24) is 10.6 Å². The lowest BCUT2D eigenvalue weighted by molar-refractivity contribution is 0.347. The van der Waals surface area contributed by atoms with Gasteiger partial charge in [-0.1, -0.05) is 32.6 Å². The van der Waals surface area contributed by atoms with Crippen LogP contribution in [0.4, 0.5) is 0 Å². The summed E-state index contributed by atoms with van der Waals surface area (Å²) in [5.74, 6) is 1.05. The maximum absolute atomic E-state index is 3.87. The van der Waals surface area contributed by atoms with Crippen molar-refractivity contribution in [1.29, 1.82) is 0 Å². The van der Waals surface area contributed by atoms with Gasteiger partial charge in [0, 0.05) is 18.1 Å². The third-order valence-electron chi connectivity index (χ3n) is 4.63. The largest absolute Gasteiger partial charge is 0.314 e. The van der Waals surface area contributed by atoms with Crippen molar-refractivity contribution in [2.24, 2.45) is 5.92 Å². The first-order valence-corrected chi connectivity index (χ1v) is 8.27. The van der Waals surface area contributed by atoms with E-state index in [1.165, 1.54) is 64.3 Å². The molecule has 2 heteroatoms. The highest BCUT2D eigenvalue weighted by atomic mass is 15.0. The lowest BCUT2D eigenvalue weighted by Gasteiger charge is -2.26. The molecular weight excluding hydrogens is 220 g/mol. The van der Waals surface area contributed by atoms with Gasteiger partial charge in [-0.15, -0.1) is 0 Å². The Bertz CT molecular complexity index is 213. The zero-order valence-corrected chi connectivity index (χ0v) is 12.4. The molecule has 1 saturated carbocycles. The summed E-state index contributed by atoms with van der Waals surface area (Å²) in [7, 11) is 0.